The zero-order valence-electron chi connectivity index (χ0n) is 16.9. The summed E-state index contributed by atoms with van der Waals surface area (Å²) in [5.74, 6) is -2.49. The maximum Gasteiger partial charge on any atom is 0.305 e. The molecular weight excluding hydrogens is 486 g/mol. The predicted molar refractivity (Wildman–Crippen MR) is 130 cm³/mol. The maximum atomic E-state index is 13.4. The third kappa shape index (κ3) is 4.63. The quantitative estimate of drug-likeness (QED) is 0.461. The van der Waals surface area contributed by atoms with Crippen LogP contribution in [0.4, 0.5) is 11.4 Å². The molecule has 1 fully saturated rings. The number of amides is 3. The van der Waals surface area contributed by atoms with Crippen molar-refractivity contribution in [2.75, 3.05) is 23.3 Å². The molecule has 168 valence electrons. The van der Waals surface area contributed by atoms with Gasteiger partial charge in [0.05, 0.1) is 22.6 Å². The smallest absolute Gasteiger partial charge is 0.305 e. The van der Waals surface area contributed by atoms with Crippen LogP contribution in [0.3, 0.4) is 0 Å². The fraction of sp³-hybridized carbons (Fsp3) is 0.136. The lowest BCUT2D eigenvalue weighted by Crippen LogP contribution is -2.35. The number of nitrogens with one attached hydrogen (secondary N) is 1. The second kappa shape index (κ2) is 9.34. The van der Waals surface area contributed by atoms with Gasteiger partial charge in [0.1, 0.15) is 10.9 Å². The van der Waals surface area contributed by atoms with Gasteiger partial charge >= 0.3 is 5.97 Å². The number of carboxylic acid groups (broad SMARTS) is 1. The first kappa shape index (κ1) is 23.0. The van der Waals surface area contributed by atoms with E-state index in [1.54, 1.807) is 48.5 Å². The predicted octanol–water partition coefficient (Wildman–Crippen LogP) is 3.37. The van der Waals surface area contributed by atoms with Crippen LogP contribution in [0, 0.1) is 0 Å². The number of aliphatic carboxylic acids is 1. The number of benzene rings is 2. The second-order valence-electron chi connectivity index (χ2n) is 7.14. The van der Waals surface area contributed by atoms with E-state index in [4.69, 9.17) is 28.9 Å². The van der Waals surface area contributed by atoms with Crippen molar-refractivity contribution in [2.24, 2.45) is 0 Å². The maximum absolute atomic E-state index is 13.4. The first-order chi connectivity index (χ1) is 15.8. The molecule has 0 unspecified atom stereocenters. The number of thiocarbonyl (C=S) groups is 1. The molecule has 4 rings (SSSR count). The molecule has 0 radical (unpaired) electrons. The number of rotatable bonds is 6. The molecule has 2 N–H and O–H groups in total. The zero-order chi connectivity index (χ0) is 23.7. The van der Waals surface area contributed by atoms with Crippen molar-refractivity contribution >= 4 is 80.5 Å². The number of anilines is 2. The number of carbonyl (C=O) groups is 4. The van der Waals surface area contributed by atoms with Crippen LogP contribution in [0.2, 0.25) is 5.02 Å². The van der Waals surface area contributed by atoms with Gasteiger partial charge in [-0.15, -0.1) is 0 Å². The molecule has 2 aliphatic rings. The SMILES string of the molecule is O=C(O)CCN1C(=O)/C(=C2/C(=O)N(CC(=O)Nc3ccc(Cl)cc3)c3ccccc32)SC1=S. The van der Waals surface area contributed by atoms with Crippen LogP contribution in [-0.2, 0) is 19.2 Å². The monoisotopic (exact) mass is 501 g/mol. The molecule has 33 heavy (non-hydrogen) atoms. The van der Waals surface area contributed by atoms with Crippen molar-refractivity contribution < 1.29 is 24.3 Å². The highest BCUT2D eigenvalue weighted by Crippen LogP contribution is 2.44. The first-order valence-corrected chi connectivity index (χ1v) is 11.3. The molecule has 2 aromatic rings. The third-order valence-corrected chi connectivity index (χ3v) is 6.68. The fourth-order valence-corrected chi connectivity index (χ4v) is 4.99. The molecule has 0 bridgehead atoms. The summed E-state index contributed by atoms with van der Waals surface area (Å²) >= 11 is 12.1. The number of fused-ring (bicyclic) bond motifs is 1. The van der Waals surface area contributed by atoms with E-state index in [1.165, 1.54) is 9.80 Å². The molecule has 0 aliphatic carbocycles. The van der Waals surface area contributed by atoms with E-state index in [1.807, 2.05) is 0 Å². The van der Waals surface area contributed by atoms with Crippen LogP contribution < -0.4 is 10.2 Å². The van der Waals surface area contributed by atoms with Crippen molar-refractivity contribution in [3.63, 3.8) is 0 Å². The molecule has 0 spiro atoms. The molecule has 8 nitrogen and oxygen atoms in total. The van der Waals surface area contributed by atoms with E-state index in [9.17, 15) is 19.2 Å². The Morgan fingerprint density at radius 1 is 1.03 bits per heavy atom. The molecule has 3 amide bonds. The number of para-hydroxylation sites is 1. The molecule has 2 heterocycles. The highest BCUT2D eigenvalue weighted by Gasteiger charge is 2.42. The van der Waals surface area contributed by atoms with Crippen LogP contribution in [0.1, 0.15) is 12.0 Å². The lowest BCUT2D eigenvalue weighted by atomic mass is 10.1. The number of halogens is 1. The van der Waals surface area contributed by atoms with Gasteiger partial charge < -0.3 is 10.4 Å². The summed E-state index contributed by atoms with van der Waals surface area (Å²) in [6.45, 7) is -0.346. The Morgan fingerprint density at radius 2 is 1.73 bits per heavy atom. The summed E-state index contributed by atoms with van der Waals surface area (Å²) < 4.78 is 0.188. The summed E-state index contributed by atoms with van der Waals surface area (Å²) in [4.78, 5) is 52.5. The lowest BCUT2D eigenvalue weighted by molar-refractivity contribution is -0.137. The average molecular weight is 502 g/mol. The van der Waals surface area contributed by atoms with Gasteiger partial charge in [-0.05, 0) is 30.3 Å². The van der Waals surface area contributed by atoms with E-state index in [-0.39, 0.29) is 34.3 Å². The first-order valence-electron chi connectivity index (χ1n) is 9.72. The van der Waals surface area contributed by atoms with Gasteiger partial charge in [-0.3, -0.25) is 29.0 Å². The van der Waals surface area contributed by atoms with Gasteiger partial charge in [0, 0.05) is 22.8 Å². The third-order valence-electron chi connectivity index (χ3n) is 4.98. The van der Waals surface area contributed by atoms with Crippen LogP contribution in [-0.4, -0.2) is 51.1 Å². The average Bonchev–Trinajstić information content (AvgIpc) is 3.20. The molecule has 11 heteroatoms. The highest BCUT2D eigenvalue weighted by molar-refractivity contribution is 8.26. The summed E-state index contributed by atoms with van der Waals surface area (Å²) in [5, 5.41) is 12.2. The molecule has 0 saturated carbocycles. The van der Waals surface area contributed by atoms with E-state index in [0.717, 1.165) is 11.8 Å². The minimum absolute atomic E-state index is 0.0835. The Balaban J connectivity index is 1.61. The molecule has 2 aromatic carbocycles. The standard InChI is InChI=1S/C22H16ClN3O5S2/c23-12-5-7-13(8-6-12)24-16(27)11-26-15-4-2-1-3-14(15)18(20(26)30)19-21(31)25(22(32)33-19)10-9-17(28)29/h1-8H,9-11H2,(H,24,27)(H,28,29)/b19-18-. The topological polar surface area (TPSA) is 107 Å². The fourth-order valence-electron chi connectivity index (χ4n) is 3.48. The number of carbonyl (C=O) groups excluding carboxylic acids is 3. The summed E-state index contributed by atoms with van der Waals surface area (Å²) in [6, 6.07) is 13.4. The van der Waals surface area contributed by atoms with Gasteiger partial charge in [-0.1, -0.05) is 53.8 Å². The van der Waals surface area contributed by atoms with Crippen molar-refractivity contribution in [3.05, 3.63) is 64.0 Å². The Hall–Kier alpha value is -3.21. The number of nitrogens with zero attached hydrogens (tertiary/aromatic N) is 2. The summed E-state index contributed by atoms with van der Waals surface area (Å²) in [7, 11) is 0. The van der Waals surface area contributed by atoms with Gasteiger partial charge in [0.15, 0.2) is 0 Å². The van der Waals surface area contributed by atoms with Gasteiger partial charge in [-0.25, -0.2) is 0 Å². The zero-order valence-corrected chi connectivity index (χ0v) is 19.3. The van der Waals surface area contributed by atoms with Crippen molar-refractivity contribution in [2.45, 2.75) is 6.42 Å². The van der Waals surface area contributed by atoms with Crippen LogP contribution >= 0.6 is 35.6 Å². The van der Waals surface area contributed by atoms with Gasteiger partial charge in [0.2, 0.25) is 5.91 Å². The number of carboxylic acids is 1. The van der Waals surface area contributed by atoms with Gasteiger partial charge in [-0.2, -0.15) is 0 Å². The summed E-state index contributed by atoms with van der Waals surface area (Å²) in [6.07, 6.45) is -0.267. The molecule has 1 saturated heterocycles. The van der Waals surface area contributed by atoms with E-state index in [2.05, 4.69) is 5.32 Å². The van der Waals surface area contributed by atoms with Crippen LogP contribution in [0.25, 0.3) is 5.57 Å². The van der Waals surface area contributed by atoms with Crippen molar-refractivity contribution in [1.29, 1.82) is 0 Å². The largest absolute Gasteiger partial charge is 0.481 e. The highest BCUT2D eigenvalue weighted by atomic mass is 35.5. The second-order valence-corrected chi connectivity index (χ2v) is 9.22. The molecular formula is C22H16ClN3O5S2. The Labute approximate surface area is 203 Å². The van der Waals surface area contributed by atoms with E-state index >= 15 is 0 Å². The Kier molecular flexibility index (Phi) is 6.50. The number of hydrogen-bond acceptors (Lipinski definition) is 6. The molecule has 0 atom stereocenters. The Bertz CT molecular complexity index is 1230. The van der Waals surface area contributed by atoms with Crippen molar-refractivity contribution in [1.82, 2.24) is 4.90 Å². The normalized spacial score (nSPS) is 17.5. The molecule has 0 aromatic heterocycles. The van der Waals surface area contributed by atoms with Crippen molar-refractivity contribution in [3.8, 4) is 0 Å². The van der Waals surface area contributed by atoms with E-state index < -0.39 is 23.7 Å². The van der Waals surface area contributed by atoms with Gasteiger partial charge in [0.25, 0.3) is 11.8 Å². The number of thioether (sulfide) groups is 1. The van der Waals surface area contributed by atoms with Crippen LogP contribution in [0.15, 0.2) is 53.4 Å². The summed E-state index contributed by atoms with van der Waals surface area (Å²) in [5.41, 5.74) is 1.70. The minimum atomic E-state index is -1.06. The van der Waals surface area contributed by atoms with E-state index in [0.29, 0.717) is 22.0 Å². The number of hydrogen-bond donors (Lipinski definition) is 2. The molecule has 2 aliphatic heterocycles. The van der Waals surface area contributed by atoms with Crippen LogP contribution in [0.5, 0.6) is 0 Å². The minimum Gasteiger partial charge on any atom is -0.481 e. The lowest BCUT2D eigenvalue weighted by Gasteiger charge is -2.16. The Morgan fingerprint density at radius 3 is 2.42 bits per heavy atom.